The van der Waals surface area contributed by atoms with Gasteiger partial charge in [0.1, 0.15) is 41.9 Å². The molecule has 5 rings (SSSR count). The molecule has 0 saturated heterocycles. The molecule has 0 radical (unpaired) electrons. The maximum atomic E-state index is 15.3. The number of halogens is 3. The van der Waals surface area contributed by atoms with E-state index in [9.17, 15) is 14.3 Å². The van der Waals surface area contributed by atoms with Gasteiger partial charge in [-0.2, -0.15) is 0 Å². The second-order valence-electron chi connectivity index (χ2n) is 9.90. The number of amidine groups is 1. The number of ether oxygens (including phenoxy) is 1. The highest BCUT2D eigenvalue weighted by molar-refractivity contribution is 6.03. The lowest BCUT2D eigenvalue weighted by Gasteiger charge is -2.36. The average Bonchev–Trinajstić information content (AvgIpc) is 3.34. The topological polar surface area (TPSA) is 152 Å². The van der Waals surface area contributed by atoms with Gasteiger partial charge in [-0.25, -0.2) is 23.1 Å². The van der Waals surface area contributed by atoms with E-state index in [1.54, 1.807) is 47.0 Å². The third-order valence-corrected chi connectivity index (χ3v) is 6.96. The zero-order valence-corrected chi connectivity index (χ0v) is 22.3. The predicted molar refractivity (Wildman–Crippen MR) is 151 cm³/mol. The number of nitrogens with one attached hydrogen (secondary N) is 2. The van der Waals surface area contributed by atoms with Crippen molar-refractivity contribution in [2.24, 2.45) is 10.7 Å². The van der Waals surface area contributed by atoms with Crippen LogP contribution < -0.4 is 15.8 Å². The summed E-state index contributed by atoms with van der Waals surface area (Å²) in [6, 6.07) is 12.2. The summed E-state index contributed by atoms with van der Waals surface area (Å²) in [7, 11) is 0. The number of nitrogens with zero attached hydrogens (tertiary/aromatic N) is 4. The van der Waals surface area contributed by atoms with Crippen molar-refractivity contribution in [3.63, 3.8) is 0 Å². The van der Waals surface area contributed by atoms with Gasteiger partial charge in [-0.1, -0.05) is 12.1 Å². The molecule has 0 aliphatic heterocycles. The largest absolute Gasteiger partial charge is 0.490 e. The third kappa shape index (κ3) is 6.10. The molecule has 2 heterocycles. The van der Waals surface area contributed by atoms with Gasteiger partial charge in [0.15, 0.2) is 0 Å². The van der Waals surface area contributed by atoms with Gasteiger partial charge in [0.25, 0.3) is 11.8 Å². The Morgan fingerprint density at radius 1 is 1.24 bits per heavy atom. The SMILES string of the molecule is N=CN=C(N)c1ccc2nc(-c3ccccc3OCCO)n(C3CC(NC(=O)c4cc(F)ccn4)CC(F)(F)C3)c2c1. The summed E-state index contributed by atoms with van der Waals surface area (Å²) in [5.74, 6) is -3.77. The summed E-state index contributed by atoms with van der Waals surface area (Å²) in [6.07, 6.45) is 0.910. The number of fused-ring (bicyclic) bond motifs is 1. The number of aliphatic imine (C=N–C) groups is 1. The lowest BCUT2D eigenvalue weighted by atomic mass is 9.87. The van der Waals surface area contributed by atoms with E-state index >= 15 is 8.78 Å². The number of carbonyl (C=O) groups is 1. The van der Waals surface area contributed by atoms with Crippen molar-refractivity contribution in [2.75, 3.05) is 13.2 Å². The van der Waals surface area contributed by atoms with Gasteiger partial charge in [0.05, 0.1) is 23.2 Å². The van der Waals surface area contributed by atoms with Gasteiger partial charge in [0, 0.05) is 42.8 Å². The Labute approximate surface area is 238 Å². The molecule has 0 bridgehead atoms. The van der Waals surface area contributed by atoms with E-state index in [0.717, 1.165) is 24.7 Å². The van der Waals surface area contributed by atoms with Gasteiger partial charge in [-0.05, 0) is 42.8 Å². The fraction of sp³-hybridized carbons (Fsp3) is 0.276. The minimum atomic E-state index is -3.16. The molecule has 5 N–H and O–H groups in total. The molecule has 10 nitrogen and oxygen atoms in total. The summed E-state index contributed by atoms with van der Waals surface area (Å²) in [5, 5.41) is 19.2. The van der Waals surface area contributed by atoms with Crippen molar-refractivity contribution in [3.8, 4) is 17.1 Å². The Morgan fingerprint density at radius 2 is 2.05 bits per heavy atom. The molecule has 1 saturated carbocycles. The number of benzene rings is 2. The van der Waals surface area contributed by atoms with Crippen molar-refractivity contribution in [2.45, 2.75) is 37.3 Å². The summed E-state index contributed by atoms with van der Waals surface area (Å²) in [4.78, 5) is 25.3. The van der Waals surface area contributed by atoms with Gasteiger partial charge in [-0.15, -0.1) is 0 Å². The molecular formula is C29H28F3N7O3. The smallest absolute Gasteiger partial charge is 0.270 e. The van der Waals surface area contributed by atoms with Gasteiger partial charge in [0.2, 0.25) is 0 Å². The number of hydrogen-bond acceptors (Lipinski definition) is 6. The molecule has 13 heteroatoms. The van der Waals surface area contributed by atoms with Crippen LogP contribution in [0.4, 0.5) is 13.2 Å². The van der Waals surface area contributed by atoms with Crippen molar-refractivity contribution >= 4 is 29.1 Å². The molecule has 2 aromatic carbocycles. The van der Waals surface area contributed by atoms with Crippen LogP contribution in [0.15, 0.2) is 65.8 Å². The van der Waals surface area contributed by atoms with E-state index in [4.69, 9.17) is 20.9 Å². The number of nitrogens with two attached hydrogens (primary N) is 1. The average molecular weight is 580 g/mol. The van der Waals surface area contributed by atoms with E-state index in [1.807, 2.05) is 0 Å². The van der Waals surface area contributed by atoms with Crippen LogP contribution in [0.2, 0.25) is 0 Å². The van der Waals surface area contributed by atoms with E-state index in [0.29, 0.717) is 33.7 Å². The van der Waals surface area contributed by atoms with E-state index in [-0.39, 0.29) is 31.2 Å². The standard InChI is InChI=1S/C29H28F3N7O3/c30-18-7-8-35-23(12-18)28(41)37-19-13-20(15-29(31,32)14-19)39-24-11-17(26(34)36-16-33)5-6-22(24)38-27(39)21-3-1-2-4-25(21)42-10-9-40/h1-8,11-12,16,19-20,40H,9-10,13-15H2,(H,37,41)(H3,33,34,36). The highest BCUT2D eigenvalue weighted by atomic mass is 19.3. The van der Waals surface area contributed by atoms with Crippen LogP contribution in [0.5, 0.6) is 5.75 Å². The van der Waals surface area contributed by atoms with Crippen LogP contribution in [-0.4, -0.2) is 62.9 Å². The van der Waals surface area contributed by atoms with Crippen LogP contribution in [0.3, 0.4) is 0 Å². The molecule has 0 spiro atoms. The number of imidazole rings is 1. The second-order valence-corrected chi connectivity index (χ2v) is 9.90. The van der Waals surface area contributed by atoms with Gasteiger partial charge in [-0.3, -0.25) is 15.2 Å². The van der Waals surface area contributed by atoms with Crippen LogP contribution in [0.25, 0.3) is 22.4 Å². The number of alkyl halides is 2. The molecule has 1 aliphatic carbocycles. The lowest BCUT2D eigenvalue weighted by molar-refractivity contribution is -0.0584. The lowest BCUT2D eigenvalue weighted by Crippen LogP contribution is -2.45. The zero-order chi connectivity index (χ0) is 29.9. The first kappa shape index (κ1) is 28.7. The fourth-order valence-corrected chi connectivity index (χ4v) is 5.27. The Hall–Kier alpha value is -4.78. The van der Waals surface area contributed by atoms with E-state index in [1.165, 1.54) is 0 Å². The fourth-order valence-electron chi connectivity index (χ4n) is 5.27. The first-order valence-corrected chi connectivity index (χ1v) is 13.2. The van der Waals surface area contributed by atoms with Crippen LogP contribution >= 0.6 is 0 Å². The number of para-hydroxylation sites is 1. The van der Waals surface area contributed by atoms with Crippen molar-refractivity contribution in [3.05, 3.63) is 77.9 Å². The predicted octanol–water partition coefficient (Wildman–Crippen LogP) is 4.08. The summed E-state index contributed by atoms with van der Waals surface area (Å²) in [5.41, 5.74) is 7.78. The third-order valence-electron chi connectivity index (χ3n) is 6.96. The highest BCUT2D eigenvalue weighted by Crippen LogP contribution is 2.44. The molecular weight excluding hydrogens is 551 g/mol. The number of pyridine rings is 1. The van der Waals surface area contributed by atoms with Gasteiger partial charge >= 0.3 is 0 Å². The summed E-state index contributed by atoms with van der Waals surface area (Å²) >= 11 is 0. The molecule has 218 valence electrons. The number of carbonyl (C=O) groups excluding carboxylic acids is 1. The summed E-state index contributed by atoms with van der Waals surface area (Å²) < 4.78 is 51.7. The van der Waals surface area contributed by atoms with E-state index < -0.39 is 42.6 Å². The second kappa shape index (κ2) is 12.0. The van der Waals surface area contributed by atoms with Crippen molar-refractivity contribution in [1.82, 2.24) is 19.9 Å². The number of aliphatic hydroxyl groups is 1. The number of aromatic nitrogens is 3. The van der Waals surface area contributed by atoms with Gasteiger partial charge < -0.3 is 25.5 Å². The molecule has 2 unspecified atom stereocenters. The van der Waals surface area contributed by atoms with Crippen LogP contribution in [0, 0.1) is 11.2 Å². The van der Waals surface area contributed by atoms with Crippen molar-refractivity contribution < 1.29 is 27.8 Å². The molecule has 1 aliphatic rings. The first-order chi connectivity index (χ1) is 20.2. The maximum Gasteiger partial charge on any atom is 0.270 e. The molecule has 42 heavy (non-hydrogen) atoms. The minimum Gasteiger partial charge on any atom is -0.490 e. The molecule has 4 aromatic rings. The molecule has 2 atom stereocenters. The first-order valence-electron chi connectivity index (χ1n) is 13.2. The Bertz CT molecular complexity index is 1660. The minimum absolute atomic E-state index is 0.0156. The van der Waals surface area contributed by atoms with Crippen LogP contribution in [0.1, 0.15) is 41.4 Å². The van der Waals surface area contributed by atoms with E-state index in [2.05, 4.69) is 15.3 Å². The highest BCUT2D eigenvalue weighted by Gasteiger charge is 2.43. The number of rotatable bonds is 9. The normalized spacial score (nSPS) is 18.5. The number of aliphatic hydroxyl groups excluding tert-OH is 1. The van der Waals surface area contributed by atoms with Crippen LogP contribution in [-0.2, 0) is 0 Å². The molecule has 1 amide bonds. The number of amides is 1. The quantitative estimate of drug-likeness (QED) is 0.173. The Balaban J connectivity index is 1.61. The molecule has 2 aromatic heterocycles. The Morgan fingerprint density at radius 3 is 2.81 bits per heavy atom. The maximum absolute atomic E-state index is 15.3. The monoisotopic (exact) mass is 579 g/mol. The zero-order valence-electron chi connectivity index (χ0n) is 22.3. The summed E-state index contributed by atoms with van der Waals surface area (Å²) in [6.45, 7) is -0.210. The van der Waals surface area contributed by atoms with Crippen molar-refractivity contribution in [1.29, 1.82) is 5.41 Å². The Kier molecular flexibility index (Phi) is 8.20. The molecule has 1 fully saturated rings. The number of hydrogen-bond donors (Lipinski definition) is 4.